The molecule has 1 atom stereocenters. The molecule has 36 heavy (non-hydrogen) atoms. The van der Waals surface area contributed by atoms with E-state index in [-0.39, 0.29) is 10.9 Å². The normalized spacial score (nSPS) is 14.9. The van der Waals surface area contributed by atoms with Gasteiger partial charge in [-0.25, -0.2) is 12.4 Å². The smallest absolute Gasteiger partial charge is 0.269 e. The number of nitrogens with one attached hydrogen (secondary N) is 2. The van der Waals surface area contributed by atoms with Gasteiger partial charge in [-0.05, 0) is 64.9 Å². The molecular weight excluding hydrogens is 476 g/mol. The summed E-state index contributed by atoms with van der Waals surface area (Å²) in [7, 11) is 0.194. The number of rotatable bonds is 10. The number of hydrogen-bond acceptors (Lipinski definition) is 8. The van der Waals surface area contributed by atoms with Crippen molar-refractivity contribution in [3.8, 4) is 0 Å². The van der Waals surface area contributed by atoms with Gasteiger partial charge in [0.15, 0.2) is 5.65 Å². The Morgan fingerprint density at radius 3 is 2.58 bits per heavy atom. The van der Waals surface area contributed by atoms with E-state index in [1.807, 2.05) is 31.9 Å². The largest absolute Gasteiger partial charge is 0.367 e. The second-order valence-electron chi connectivity index (χ2n) is 9.75. The van der Waals surface area contributed by atoms with Crippen molar-refractivity contribution >= 4 is 38.5 Å². The van der Waals surface area contributed by atoms with Gasteiger partial charge in [0.05, 0.1) is 28.7 Å². The zero-order valence-corrected chi connectivity index (χ0v) is 21.8. The van der Waals surface area contributed by atoms with Crippen molar-refractivity contribution in [1.29, 1.82) is 0 Å². The van der Waals surface area contributed by atoms with Crippen molar-refractivity contribution < 1.29 is 8.42 Å². The molecule has 1 aliphatic rings. The Kier molecular flexibility index (Phi) is 6.44. The molecule has 0 aliphatic heterocycles. The fourth-order valence-corrected chi connectivity index (χ4v) is 5.38. The molecule has 1 aromatic carbocycles. The summed E-state index contributed by atoms with van der Waals surface area (Å²) >= 11 is 0. The summed E-state index contributed by atoms with van der Waals surface area (Å²) in [5.74, 6) is 1.51. The van der Waals surface area contributed by atoms with Crippen LogP contribution in [0.2, 0.25) is 0 Å². The van der Waals surface area contributed by atoms with E-state index in [0.29, 0.717) is 28.7 Å². The van der Waals surface area contributed by atoms with Crippen molar-refractivity contribution in [1.82, 2.24) is 28.6 Å². The third-order valence-electron chi connectivity index (χ3n) is 6.45. The number of likely N-dealkylation sites (N-methyl/N-ethyl adjacent to an activating group) is 1. The average Bonchev–Trinajstić information content (AvgIpc) is 3.44. The first-order valence-electron chi connectivity index (χ1n) is 12.1. The van der Waals surface area contributed by atoms with Crippen molar-refractivity contribution in [3.05, 3.63) is 54.5 Å². The first-order chi connectivity index (χ1) is 17.2. The monoisotopic (exact) mass is 508 g/mol. The number of hydrogen-bond donors (Lipinski definition) is 2. The predicted octanol–water partition coefficient (Wildman–Crippen LogP) is 3.69. The van der Waals surface area contributed by atoms with Crippen molar-refractivity contribution in [2.24, 2.45) is 5.92 Å². The van der Waals surface area contributed by atoms with E-state index in [2.05, 4.69) is 32.5 Å². The Bertz CT molecular complexity index is 1470. The Morgan fingerprint density at radius 1 is 1.14 bits per heavy atom. The minimum absolute atomic E-state index is 0.210. The highest BCUT2D eigenvalue weighted by atomic mass is 32.2. The van der Waals surface area contributed by atoms with Crippen molar-refractivity contribution in [2.75, 3.05) is 31.3 Å². The number of benzene rings is 1. The van der Waals surface area contributed by atoms with Gasteiger partial charge in [-0.15, -0.1) is 0 Å². The van der Waals surface area contributed by atoms with Gasteiger partial charge in [-0.2, -0.15) is 15.1 Å². The first-order valence-corrected chi connectivity index (χ1v) is 13.6. The fraction of sp³-hybridized carbons (Fsp3) is 0.400. The number of aryl methyl sites for hydroxylation is 1. The van der Waals surface area contributed by atoms with Crippen LogP contribution in [-0.2, 0) is 16.6 Å². The van der Waals surface area contributed by atoms with Gasteiger partial charge in [0.25, 0.3) is 10.0 Å². The maximum absolute atomic E-state index is 13.5. The van der Waals surface area contributed by atoms with Crippen molar-refractivity contribution in [2.45, 2.75) is 44.2 Å². The van der Waals surface area contributed by atoms with Crippen LogP contribution in [0.1, 0.15) is 25.3 Å². The number of anilines is 3. The average molecular weight is 509 g/mol. The highest BCUT2D eigenvalue weighted by Gasteiger charge is 2.29. The second kappa shape index (κ2) is 9.55. The molecule has 190 valence electrons. The number of fused-ring (bicyclic) bond motifs is 1. The van der Waals surface area contributed by atoms with Crippen LogP contribution < -0.4 is 10.6 Å². The lowest BCUT2D eigenvalue weighted by Gasteiger charge is -2.16. The molecule has 3 aromatic heterocycles. The molecule has 0 radical (unpaired) electrons. The standard InChI is InChI=1S/C25H32N8O2S/c1-17-5-9-21(10-6-17)36(34,35)33-12-11-22-23(27-18(2)19-7-8-19)29-25(30-24(22)33)28-20-15-26-32(16-20)14-13-31(3)4/h5-6,9-12,15-16,18-19H,7-8,13-14H2,1-4H3,(H2,27,28,29,30)/t18-/m0/s1. The molecule has 0 spiro atoms. The maximum atomic E-state index is 13.5. The van der Waals surface area contributed by atoms with Gasteiger partial charge in [0.2, 0.25) is 5.95 Å². The molecule has 1 saturated carbocycles. The van der Waals surface area contributed by atoms with E-state index in [0.717, 1.165) is 24.3 Å². The molecule has 5 rings (SSSR count). The van der Waals surface area contributed by atoms with Crippen molar-refractivity contribution in [3.63, 3.8) is 0 Å². The van der Waals surface area contributed by atoms with Gasteiger partial charge < -0.3 is 15.5 Å². The molecule has 0 unspecified atom stereocenters. The quantitative estimate of drug-likeness (QED) is 0.334. The Morgan fingerprint density at radius 2 is 1.89 bits per heavy atom. The number of aromatic nitrogens is 5. The summed E-state index contributed by atoms with van der Waals surface area (Å²) in [4.78, 5) is 11.7. The Labute approximate surface area is 211 Å². The van der Waals surface area contributed by atoms with Crippen LogP contribution in [0.25, 0.3) is 11.0 Å². The number of nitrogens with zero attached hydrogens (tertiary/aromatic N) is 6. The van der Waals surface area contributed by atoms with E-state index in [1.54, 1.807) is 42.7 Å². The summed E-state index contributed by atoms with van der Waals surface area (Å²) in [5.41, 5.74) is 2.04. The van der Waals surface area contributed by atoms with Crippen LogP contribution in [0, 0.1) is 12.8 Å². The summed E-state index contributed by atoms with van der Waals surface area (Å²) in [6.45, 7) is 5.67. The highest BCUT2D eigenvalue weighted by Crippen LogP contribution is 2.35. The van der Waals surface area contributed by atoms with Gasteiger partial charge in [0.1, 0.15) is 5.82 Å². The molecule has 4 aromatic rings. The summed E-state index contributed by atoms with van der Waals surface area (Å²) in [6.07, 6.45) is 7.51. The lowest BCUT2D eigenvalue weighted by molar-refractivity contribution is 0.373. The summed E-state index contributed by atoms with van der Waals surface area (Å²) < 4.78 is 30.1. The summed E-state index contributed by atoms with van der Waals surface area (Å²) in [6, 6.07) is 8.80. The van der Waals surface area contributed by atoms with Gasteiger partial charge in [-0.3, -0.25) is 4.68 Å². The zero-order chi connectivity index (χ0) is 25.4. The van der Waals surface area contributed by atoms with Crippen LogP contribution in [0.3, 0.4) is 0 Å². The van der Waals surface area contributed by atoms with Gasteiger partial charge in [-0.1, -0.05) is 17.7 Å². The summed E-state index contributed by atoms with van der Waals surface area (Å²) in [5, 5.41) is 11.8. The van der Waals surface area contributed by atoms with Crippen LogP contribution in [0.5, 0.6) is 0 Å². The van der Waals surface area contributed by atoms with E-state index >= 15 is 0 Å². The minimum atomic E-state index is -3.84. The van der Waals surface area contributed by atoms with Crippen LogP contribution in [-0.4, -0.2) is 63.7 Å². The molecule has 1 aliphatic carbocycles. The SMILES string of the molecule is Cc1ccc(S(=O)(=O)n2ccc3c(N[C@@H](C)C4CC4)nc(Nc4cnn(CCN(C)C)c4)nc32)cc1. The lowest BCUT2D eigenvalue weighted by atomic mass is 10.2. The minimum Gasteiger partial charge on any atom is -0.367 e. The molecule has 10 nitrogen and oxygen atoms in total. The first kappa shape index (κ1) is 24.3. The van der Waals surface area contributed by atoms with Crippen LogP contribution in [0.4, 0.5) is 17.5 Å². The second-order valence-corrected chi connectivity index (χ2v) is 11.6. The van der Waals surface area contributed by atoms with Gasteiger partial charge >= 0.3 is 0 Å². The van der Waals surface area contributed by atoms with E-state index in [1.165, 1.54) is 16.8 Å². The molecule has 1 fully saturated rings. The van der Waals surface area contributed by atoms with Crippen LogP contribution in [0.15, 0.2) is 53.8 Å². The topological polar surface area (TPSA) is 110 Å². The third-order valence-corrected chi connectivity index (χ3v) is 8.13. The Hall–Kier alpha value is -3.44. The van der Waals surface area contributed by atoms with E-state index in [9.17, 15) is 8.42 Å². The van der Waals surface area contributed by atoms with E-state index in [4.69, 9.17) is 4.98 Å². The molecule has 0 amide bonds. The lowest BCUT2D eigenvalue weighted by Crippen LogP contribution is -2.19. The maximum Gasteiger partial charge on any atom is 0.269 e. The molecule has 0 bridgehead atoms. The molecule has 0 saturated heterocycles. The van der Waals surface area contributed by atoms with Gasteiger partial charge in [0, 0.05) is 25.0 Å². The molecule has 3 heterocycles. The zero-order valence-electron chi connectivity index (χ0n) is 21.0. The fourth-order valence-electron chi connectivity index (χ4n) is 4.09. The molecular formula is C25H32N8O2S. The Balaban J connectivity index is 1.53. The predicted molar refractivity (Wildman–Crippen MR) is 141 cm³/mol. The van der Waals surface area contributed by atoms with Crippen LogP contribution >= 0.6 is 0 Å². The van der Waals surface area contributed by atoms with E-state index < -0.39 is 10.0 Å². The molecule has 11 heteroatoms. The third kappa shape index (κ3) is 5.07. The molecule has 2 N–H and O–H groups in total. The highest BCUT2D eigenvalue weighted by molar-refractivity contribution is 7.90.